The molecule has 1 aromatic rings. The summed E-state index contributed by atoms with van der Waals surface area (Å²) in [6, 6.07) is 1.97. The van der Waals surface area contributed by atoms with Crippen molar-refractivity contribution in [3.05, 3.63) is 32.5 Å². The Labute approximate surface area is 104 Å². The van der Waals surface area contributed by atoms with Crippen LogP contribution in [0.4, 0.5) is 15.8 Å². The van der Waals surface area contributed by atoms with Gasteiger partial charge in [0, 0.05) is 18.7 Å². The second kappa shape index (κ2) is 5.58. The summed E-state index contributed by atoms with van der Waals surface area (Å²) in [5.41, 5.74) is -0.361. The molecule has 0 aliphatic rings. The van der Waals surface area contributed by atoms with Crippen LogP contribution < -0.4 is 5.32 Å². The third kappa shape index (κ3) is 3.66. The van der Waals surface area contributed by atoms with Crippen molar-refractivity contribution in [3.63, 3.8) is 0 Å². The van der Waals surface area contributed by atoms with Gasteiger partial charge in [-0.15, -0.1) is 0 Å². The number of nitrogens with zero attached hydrogens (tertiary/aromatic N) is 1. The number of hydrogen-bond donors (Lipinski definition) is 2. The third-order valence-corrected chi connectivity index (χ3v) is 2.50. The summed E-state index contributed by atoms with van der Waals surface area (Å²) < 4.78 is 13.2. The zero-order valence-corrected chi connectivity index (χ0v) is 10.0. The van der Waals surface area contributed by atoms with Gasteiger partial charge in [0.15, 0.2) is 0 Å². The van der Waals surface area contributed by atoms with E-state index in [9.17, 15) is 19.3 Å². The maximum Gasteiger partial charge on any atom is 0.305 e. The first-order valence-electron chi connectivity index (χ1n) is 4.51. The summed E-state index contributed by atoms with van der Waals surface area (Å²) in [4.78, 5) is 20.3. The van der Waals surface area contributed by atoms with Crippen LogP contribution >= 0.6 is 15.9 Å². The predicted octanol–water partition coefficient (Wildman–Crippen LogP) is 2.38. The lowest BCUT2D eigenvalue weighted by atomic mass is 10.2. The maximum atomic E-state index is 13.2. The van der Waals surface area contributed by atoms with Crippen molar-refractivity contribution in [1.82, 2.24) is 0 Å². The SMILES string of the molecule is O=C(O)CCNc1cc(F)c(Br)cc1[N+](=O)[O-]. The Morgan fingerprint density at radius 3 is 2.76 bits per heavy atom. The van der Waals surface area contributed by atoms with Crippen LogP contribution in [0.2, 0.25) is 0 Å². The van der Waals surface area contributed by atoms with Crippen molar-refractivity contribution in [1.29, 1.82) is 0 Å². The standard InChI is InChI=1S/C9H8BrFN2O4/c10-5-3-8(13(16)17)7(4-6(5)11)12-2-1-9(14)15/h3-4,12H,1-2H2,(H,14,15). The van der Waals surface area contributed by atoms with Crippen molar-refractivity contribution in [2.45, 2.75) is 6.42 Å². The Bertz CT molecular complexity index is 467. The molecule has 0 saturated heterocycles. The molecule has 0 fully saturated rings. The Hall–Kier alpha value is -1.70. The fourth-order valence-corrected chi connectivity index (χ4v) is 1.46. The number of aliphatic carboxylic acids is 1. The van der Waals surface area contributed by atoms with Crippen molar-refractivity contribution in [3.8, 4) is 0 Å². The smallest absolute Gasteiger partial charge is 0.305 e. The minimum atomic E-state index is -1.04. The second-order valence-electron chi connectivity index (χ2n) is 3.11. The molecule has 6 nitrogen and oxygen atoms in total. The van der Waals surface area contributed by atoms with E-state index in [0.717, 1.165) is 12.1 Å². The number of carboxylic acids is 1. The number of rotatable bonds is 5. The Morgan fingerprint density at radius 1 is 1.59 bits per heavy atom. The van der Waals surface area contributed by atoms with Crippen molar-refractivity contribution in [2.75, 3.05) is 11.9 Å². The highest BCUT2D eigenvalue weighted by Crippen LogP contribution is 2.30. The number of anilines is 1. The first-order valence-corrected chi connectivity index (χ1v) is 5.30. The number of benzene rings is 1. The largest absolute Gasteiger partial charge is 0.481 e. The highest BCUT2D eigenvalue weighted by molar-refractivity contribution is 9.10. The number of carboxylic acid groups (broad SMARTS) is 1. The summed E-state index contributed by atoms with van der Waals surface area (Å²) in [5, 5.41) is 21.6. The zero-order chi connectivity index (χ0) is 13.0. The summed E-state index contributed by atoms with van der Waals surface area (Å²) in [6.07, 6.45) is -0.213. The van der Waals surface area contributed by atoms with Crippen LogP contribution in [0.15, 0.2) is 16.6 Å². The molecule has 0 atom stereocenters. The topological polar surface area (TPSA) is 92.5 Å². The average Bonchev–Trinajstić information content (AvgIpc) is 2.22. The van der Waals surface area contributed by atoms with Crippen LogP contribution in [-0.2, 0) is 4.79 Å². The van der Waals surface area contributed by atoms with Gasteiger partial charge in [-0.05, 0) is 15.9 Å². The summed E-state index contributed by atoms with van der Waals surface area (Å²) >= 11 is 2.84. The molecule has 8 heteroatoms. The molecule has 0 aliphatic carbocycles. The molecule has 2 N–H and O–H groups in total. The van der Waals surface area contributed by atoms with Gasteiger partial charge in [-0.1, -0.05) is 0 Å². The first-order chi connectivity index (χ1) is 7.91. The van der Waals surface area contributed by atoms with Crippen LogP contribution in [0.3, 0.4) is 0 Å². The molecule has 0 bridgehead atoms. The van der Waals surface area contributed by atoms with E-state index in [2.05, 4.69) is 21.2 Å². The van der Waals surface area contributed by atoms with Gasteiger partial charge >= 0.3 is 5.97 Å². The summed E-state index contributed by atoms with van der Waals surface area (Å²) in [7, 11) is 0. The van der Waals surface area contributed by atoms with Gasteiger partial charge in [-0.25, -0.2) is 4.39 Å². The van der Waals surface area contributed by atoms with Gasteiger partial charge < -0.3 is 10.4 Å². The zero-order valence-electron chi connectivity index (χ0n) is 8.44. The van der Waals surface area contributed by atoms with E-state index >= 15 is 0 Å². The van der Waals surface area contributed by atoms with E-state index in [4.69, 9.17) is 5.11 Å². The van der Waals surface area contributed by atoms with Crippen molar-refractivity contribution >= 4 is 33.3 Å². The highest BCUT2D eigenvalue weighted by Gasteiger charge is 2.17. The van der Waals surface area contributed by atoms with Gasteiger partial charge in [0.05, 0.1) is 15.8 Å². The lowest BCUT2D eigenvalue weighted by Crippen LogP contribution is -2.09. The molecule has 92 valence electrons. The summed E-state index contributed by atoms with van der Waals surface area (Å²) in [6.45, 7) is -0.0166. The molecule has 1 rings (SSSR count). The number of nitro groups is 1. The third-order valence-electron chi connectivity index (χ3n) is 1.89. The van der Waals surface area contributed by atoms with Crippen LogP contribution in [0.1, 0.15) is 6.42 Å². The minimum Gasteiger partial charge on any atom is -0.481 e. The molecule has 0 heterocycles. The molecule has 17 heavy (non-hydrogen) atoms. The lowest BCUT2D eigenvalue weighted by molar-refractivity contribution is -0.384. The highest BCUT2D eigenvalue weighted by atomic mass is 79.9. The second-order valence-corrected chi connectivity index (χ2v) is 3.97. The Balaban J connectivity index is 2.92. The fraction of sp³-hybridized carbons (Fsp3) is 0.222. The predicted molar refractivity (Wildman–Crippen MR) is 61.5 cm³/mol. The lowest BCUT2D eigenvalue weighted by Gasteiger charge is -2.06. The number of nitrogens with one attached hydrogen (secondary N) is 1. The van der Waals surface area contributed by atoms with Crippen LogP contribution in [0.5, 0.6) is 0 Å². The van der Waals surface area contributed by atoms with Crippen molar-refractivity contribution < 1.29 is 19.2 Å². The molecule has 0 radical (unpaired) electrons. The molecular formula is C9H8BrFN2O4. The van der Waals surface area contributed by atoms with Gasteiger partial charge in [-0.2, -0.15) is 0 Å². The van der Waals surface area contributed by atoms with E-state index in [1.807, 2.05) is 0 Å². The number of carbonyl (C=O) groups is 1. The molecule has 0 unspecified atom stereocenters. The van der Waals surface area contributed by atoms with Gasteiger partial charge in [0.2, 0.25) is 0 Å². The quantitative estimate of drug-likeness (QED) is 0.643. The molecule has 0 spiro atoms. The van der Waals surface area contributed by atoms with Crippen LogP contribution in [0, 0.1) is 15.9 Å². The normalized spacial score (nSPS) is 10.0. The summed E-state index contributed by atoms with van der Waals surface area (Å²) in [5.74, 6) is -1.70. The Kier molecular flexibility index (Phi) is 4.38. The monoisotopic (exact) mass is 306 g/mol. The number of halogens is 2. The van der Waals surface area contributed by atoms with E-state index in [1.54, 1.807) is 0 Å². The van der Waals surface area contributed by atoms with Gasteiger partial charge in [0.1, 0.15) is 11.5 Å². The molecule has 0 saturated carbocycles. The first kappa shape index (κ1) is 13.4. The van der Waals surface area contributed by atoms with Crippen LogP contribution in [-0.4, -0.2) is 22.5 Å². The Morgan fingerprint density at radius 2 is 2.24 bits per heavy atom. The average molecular weight is 307 g/mol. The van der Waals surface area contributed by atoms with E-state index in [0.29, 0.717) is 0 Å². The fourth-order valence-electron chi connectivity index (χ4n) is 1.13. The van der Waals surface area contributed by atoms with Gasteiger partial charge in [0.25, 0.3) is 5.69 Å². The van der Waals surface area contributed by atoms with Gasteiger partial charge in [-0.3, -0.25) is 14.9 Å². The van der Waals surface area contributed by atoms with Crippen LogP contribution in [0.25, 0.3) is 0 Å². The molecule has 0 aliphatic heterocycles. The number of hydrogen-bond acceptors (Lipinski definition) is 4. The molecule has 0 aromatic heterocycles. The molecule has 0 amide bonds. The van der Waals surface area contributed by atoms with Crippen molar-refractivity contribution in [2.24, 2.45) is 0 Å². The molecular weight excluding hydrogens is 299 g/mol. The minimum absolute atomic E-state index is 0.0166. The maximum absolute atomic E-state index is 13.2. The van der Waals surface area contributed by atoms with E-state index in [-0.39, 0.29) is 28.8 Å². The van der Waals surface area contributed by atoms with E-state index in [1.165, 1.54) is 0 Å². The van der Waals surface area contributed by atoms with E-state index < -0.39 is 16.7 Å². The number of nitro benzene ring substituents is 1. The molecule has 1 aromatic carbocycles.